The van der Waals surface area contributed by atoms with Crippen molar-refractivity contribution in [1.29, 1.82) is 0 Å². The molecule has 0 heterocycles. The summed E-state index contributed by atoms with van der Waals surface area (Å²) in [6, 6.07) is 15.1. The summed E-state index contributed by atoms with van der Waals surface area (Å²) >= 11 is 0. The van der Waals surface area contributed by atoms with E-state index in [1.807, 2.05) is 48.5 Å². The lowest BCUT2D eigenvalue weighted by molar-refractivity contribution is 0.564. The largest absolute Gasteiger partial charge is 0.240 e. The second-order valence-electron chi connectivity index (χ2n) is 5.17. The molecule has 23 heavy (non-hydrogen) atoms. The van der Waals surface area contributed by atoms with Crippen LogP contribution in [0.4, 0.5) is 11.4 Å². The van der Waals surface area contributed by atoms with Crippen molar-refractivity contribution in [2.45, 2.75) is 33.1 Å². The lowest BCUT2D eigenvalue weighted by atomic mass is 10.0. The molecule has 0 bridgehead atoms. The third kappa shape index (κ3) is 6.66. The minimum atomic E-state index is 0.513. The van der Waals surface area contributed by atoms with Crippen molar-refractivity contribution >= 4 is 23.5 Å². The van der Waals surface area contributed by atoms with Crippen molar-refractivity contribution in [3.63, 3.8) is 0 Å². The molecule has 2 aromatic carbocycles. The molecule has 0 amide bonds. The summed E-state index contributed by atoms with van der Waals surface area (Å²) in [5.74, 6) is 0.513. The molecule has 0 N–H and O–H groups in total. The van der Waals surface area contributed by atoms with Crippen molar-refractivity contribution < 1.29 is 9.59 Å². The van der Waals surface area contributed by atoms with Gasteiger partial charge in [-0.05, 0) is 47.7 Å². The number of hydrogen-bond acceptors (Lipinski definition) is 4. The number of rotatable bonds is 4. The summed E-state index contributed by atoms with van der Waals surface area (Å²) < 4.78 is 0. The first-order valence-electron chi connectivity index (χ1n) is 7.45. The van der Waals surface area contributed by atoms with Gasteiger partial charge in [-0.25, -0.2) is 9.59 Å². The maximum atomic E-state index is 9.90. The Bertz CT molecular complexity index is 691. The van der Waals surface area contributed by atoms with Gasteiger partial charge in [-0.2, -0.15) is 9.98 Å². The molecule has 0 spiro atoms. The van der Waals surface area contributed by atoms with Gasteiger partial charge in [0.1, 0.15) is 0 Å². The molecule has 0 unspecified atom stereocenters. The number of hydrogen-bond donors (Lipinski definition) is 0. The van der Waals surface area contributed by atoms with Gasteiger partial charge in [-0.1, -0.05) is 45.0 Å². The quantitative estimate of drug-likeness (QED) is 0.590. The van der Waals surface area contributed by atoms with Gasteiger partial charge >= 0.3 is 0 Å². The number of benzene rings is 2. The molecule has 2 aromatic rings. The van der Waals surface area contributed by atoms with E-state index in [-0.39, 0.29) is 0 Å². The topological polar surface area (TPSA) is 58.9 Å². The van der Waals surface area contributed by atoms with E-state index in [1.165, 1.54) is 23.3 Å². The second-order valence-corrected chi connectivity index (χ2v) is 5.17. The predicted molar refractivity (Wildman–Crippen MR) is 91.9 cm³/mol. The van der Waals surface area contributed by atoms with Gasteiger partial charge < -0.3 is 0 Å². The standard InChI is InChI=1S/C10H11NO.C9H9NO/c1-8(2)9-3-5-10(6-4-9)11-7-12;1-2-8-3-5-9(6-4-8)10-7-11/h3-6,8H,1-2H3;3-6H,2H2,1H3. The van der Waals surface area contributed by atoms with E-state index in [1.54, 1.807) is 0 Å². The van der Waals surface area contributed by atoms with Crippen LogP contribution in [-0.4, -0.2) is 12.2 Å². The maximum Gasteiger partial charge on any atom is 0.240 e. The highest BCUT2D eigenvalue weighted by molar-refractivity contribution is 5.49. The maximum absolute atomic E-state index is 9.90. The fraction of sp³-hybridized carbons (Fsp3) is 0.263. The van der Waals surface area contributed by atoms with E-state index < -0.39 is 0 Å². The first-order chi connectivity index (χ1) is 11.1. The molecule has 0 saturated carbocycles. The van der Waals surface area contributed by atoms with Gasteiger partial charge in [-0.15, -0.1) is 0 Å². The Morgan fingerprint density at radius 3 is 1.61 bits per heavy atom. The molecule has 118 valence electrons. The highest BCUT2D eigenvalue weighted by Gasteiger charge is 1.97. The van der Waals surface area contributed by atoms with Crippen LogP contribution in [0.5, 0.6) is 0 Å². The number of carbonyl (C=O) groups excluding carboxylic acids is 2. The summed E-state index contributed by atoms with van der Waals surface area (Å²) in [4.78, 5) is 26.7. The van der Waals surface area contributed by atoms with Crippen molar-refractivity contribution in [3.05, 3.63) is 59.7 Å². The summed E-state index contributed by atoms with van der Waals surface area (Å²) in [6.45, 7) is 6.33. The van der Waals surface area contributed by atoms with E-state index in [4.69, 9.17) is 0 Å². The summed E-state index contributed by atoms with van der Waals surface area (Å²) in [5.41, 5.74) is 3.82. The van der Waals surface area contributed by atoms with Crippen LogP contribution >= 0.6 is 0 Å². The van der Waals surface area contributed by atoms with Crippen LogP contribution in [-0.2, 0) is 16.0 Å². The van der Waals surface area contributed by atoms with Crippen molar-refractivity contribution in [1.82, 2.24) is 0 Å². The highest BCUT2D eigenvalue weighted by Crippen LogP contribution is 2.18. The Kier molecular flexibility index (Phi) is 7.95. The molecule has 0 aliphatic carbocycles. The van der Waals surface area contributed by atoms with Crippen LogP contribution in [0.2, 0.25) is 0 Å². The van der Waals surface area contributed by atoms with Gasteiger partial charge in [0.25, 0.3) is 0 Å². The number of isocyanates is 2. The lowest BCUT2D eigenvalue weighted by Crippen LogP contribution is -1.84. The minimum absolute atomic E-state index is 0.513. The zero-order valence-electron chi connectivity index (χ0n) is 13.6. The SMILES string of the molecule is CC(C)c1ccc(N=C=O)cc1.CCc1ccc(N=C=O)cc1. The number of aliphatic imine (C=N–C) groups is 2. The van der Waals surface area contributed by atoms with Crippen LogP contribution in [0.25, 0.3) is 0 Å². The molecule has 4 heteroatoms. The summed E-state index contributed by atoms with van der Waals surface area (Å²) in [6.07, 6.45) is 4.01. The zero-order chi connectivity index (χ0) is 17.1. The Morgan fingerprint density at radius 2 is 1.26 bits per heavy atom. The van der Waals surface area contributed by atoms with Gasteiger partial charge in [0.15, 0.2) is 0 Å². The molecule has 0 atom stereocenters. The smallest absolute Gasteiger partial charge is 0.211 e. The number of nitrogens with zero attached hydrogens (tertiary/aromatic N) is 2. The fourth-order valence-electron chi connectivity index (χ4n) is 1.85. The van der Waals surface area contributed by atoms with E-state index in [0.29, 0.717) is 17.3 Å². The van der Waals surface area contributed by atoms with Crippen molar-refractivity contribution in [2.24, 2.45) is 9.98 Å². The third-order valence-corrected chi connectivity index (χ3v) is 3.25. The Balaban J connectivity index is 0.000000231. The summed E-state index contributed by atoms with van der Waals surface area (Å²) in [7, 11) is 0. The Hall–Kier alpha value is -2.80. The normalized spacial score (nSPS) is 9.22. The average molecular weight is 308 g/mol. The molecule has 2 rings (SSSR count). The van der Waals surface area contributed by atoms with Gasteiger partial charge in [0, 0.05) is 0 Å². The molecular formula is C19H20N2O2. The first-order valence-corrected chi connectivity index (χ1v) is 7.45. The van der Waals surface area contributed by atoms with Gasteiger partial charge in [-0.3, -0.25) is 0 Å². The molecular weight excluding hydrogens is 288 g/mol. The highest BCUT2D eigenvalue weighted by atomic mass is 16.1. The van der Waals surface area contributed by atoms with Crippen molar-refractivity contribution in [2.75, 3.05) is 0 Å². The van der Waals surface area contributed by atoms with E-state index in [0.717, 1.165) is 6.42 Å². The van der Waals surface area contributed by atoms with Crippen LogP contribution in [0, 0.1) is 0 Å². The van der Waals surface area contributed by atoms with Gasteiger partial charge in [0.2, 0.25) is 12.2 Å². The first kappa shape index (κ1) is 18.2. The molecule has 0 aromatic heterocycles. The van der Waals surface area contributed by atoms with Crippen LogP contribution < -0.4 is 0 Å². The van der Waals surface area contributed by atoms with E-state index >= 15 is 0 Å². The molecule has 4 nitrogen and oxygen atoms in total. The van der Waals surface area contributed by atoms with Crippen LogP contribution in [0.3, 0.4) is 0 Å². The van der Waals surface area contributed by atoms with Gasteiger partial charge in [0.05, 0.1) is 11.4 Å². The molecule has 0 fully saturated rings. The fourth-order valence-corrected chi connectivity index (χ4v) is 1.85. The minimum Gasteiger partial charge on any atom is -0.211 e. The second kappa shape index (κ2) is 10.0. The molecule has 0 saturated heterocycles. The number of aryl methyl sites for hydroxylation is 1. The van der Waals surface area contributed by atoms with Crippen LogP contribution in [0.15, 0.2) is 58.5 Å². The lowest BCUT2D eigenvalue weighted by Gasteiger charge is -2.03. The Morgan fingerprint density at radius 1 is 0.826 bits per heavy atom. The van der Waals surface area contributed by atoms with E-state index in [2.05, 4.69) is 30.8 Å². The molecule has 0 radical (unpaired) electrons. The molecule has 0 aliphatic heterocycles. The van der Waals surface area contributed by atoms with Crippen molar-refractivity contribution in [3.8, 4) is 0 Å². The predicted octanol–water partition coefficient (Wildman–Crippen LogP) is 4.99. The zero-order valence-corrected chi connectivity index (χ0v) is 13.6. The molecule has 0 aliphatic rings. The Labute approximate surface area is 136 Å². The van der Waals surface area contributed by atoms with Crippen LogP contribution in [0.1, 0.15) is 37.8 Å². The monoisotopic (exact) mass is 308 g/mol. The average Bonchev–Trinajstić information content (AvgIpc) is 2.57. The summed E-state index contributed by atoms with van der Waals surface area (Å²) in [5, 5.41) is 0. The van der Waals surface area contributed by atoms with E-state index in [9.17, 15) is 9.59 Å². The third-order valence-electron chi connectivity index (χ3n) is 3.25.